The molecule has 39 heavy (non-hydrogen) atoms. The van der Waals surface area contributed by atoms with Crippen molar-refractivity contribution in [3.8, 4) is 0 Å². The summed E-state index contributed by atoms with van der Waals surface area (Å²) in [7, 11) is 1.12. The van der Waals surface area contributed by atoms with Crippen LogP contribution in [-0.4, -0.2) is 43.1 Å². The van der Waals surface area contributed by atoms with E-state index in [-0.39, 0.29) is 29.1 Å². The number of para-hydroxylation sites is 1. The van der Waals surface area contributed by atoms with Crippen molar-refractivity contribution in [1.29, 1.82) is 0 Å². The lowest BCUT2D eigenvalue weighted by Gasteiger charge is -2.37. The Kier molecular flexibility index (Phi) is 7.23. The van der Waals surface area contributed by atoms with Gasteiger partial charge in [-0.1, -0.05) is 48.5 Å². The van der Waals surface area contributed by atoms with Crippen molar-refractivity contribution in [2.45, 2.75) is 45.3 Å². The molecule has 1 spiro atoms. The minimum Gasteiger partial charge on any atom is -0.465 e. The molecule has 0 saturated heterocycles. The quantitative estimate of drug-likeness (QED) is 0.438. The van der Waals surface area contributed by atoms with Crippen LogP contribution in [0.3, 0.4) is 0 Å². The average Bonchev–Trinajstić information content (AvgIpc) is 3.10. The Morgan fingerprint density at radius 2 is 1.62 bits per heavy atom. The Morgan fingerprint density at radius 3 is 2.26 bits per heavy atom. The molecule has 1 unspecified atom stereocenters. The smallest absolute Gasteiger partial charge is 0.340 e. The first-order chi connectivity index (χ1) is 18.4. The number of carbonyl (C=O) groups excluding carboxylic acids is 4. The molecule has 0 saturated carbocycles. The highest BCUT2D eigenvalue weighted by atomic mass is 16.6. The van der Waals surface area contributed by atoms with E-state index in [2.05, 4.69) is 0 Å². The Hall–Kier alpha value is -4.60. The third-order valence-electron chi connectivity index (χ3n) is 6.30. The number of hydrogen-bond acceptors (Lipinski definition) is 9. The van der Waals surface area contributed by atoms with Gasteiger partial charge < -0.3 is 24.7 Å². The van der Waals surface area contributed by atoms with Crippen LogP contribution in [0.2, 0.25) is 0 Å². The van der Waals surface area contributed by atoms with E-state index in [0.717, 1.165) is 12.7 Å². The highest BCUT2D eigenvalue weighted by Crippen LogP contribution is 2.54. The number of allylic oxidation sites excluding steroid dienone is 1. The van der Waals surface area contributed by atoms with Crippen LogP contribution in [0.1, 0.15) is 38.8 Å². The van der Waals surface area contributed by atoms with Crippen molar-refractivity contribution in [3.05, 3.63) is 88.5 Å². The van der Waals surface area contributed by atoms with E-state index in [9.17, 15) is 19.2 Å². The number of carbonyl (C=O) groups is 4. The standard InChI is InChI=1S/C29H30N2O8/c1-17-22(26(34)39-28(2,3)4)29(23(24(30)38-17)25(33)36-5)19-13-9-10-14-20(19)31(27(29)35)15-21(32)37-16-18-11-7-6-8-12-18/h6-14H,15-16,30H2,1-5H3. The third kappa shape index (κ3) is 4.85. The molecule has 2 aliphatic rings. The number of benzene rings is 2. The van der Waals surface area contributed by atoms with Gasteiger partial charge in [0.05, 0.1) is 7.11 Å². The first-order valence-corrected chi connectivity index (χ1v) is 12.2. The van der Waals surface area contributed by atoms with Crippen LogP contribution in [0.5, 0.6) is 0 Å². The average molecular weight is 535 g/mol. The summed E-state index contributed by atoms with van der Waals surface area (Å²) in [6.45, 7) is 5.98. The molecule has 4 rings (SSSR count). The zero-order valence-electron chi connectivity index (χ0n) is 22.4. The number of amides is 1. The molecular weight excluding hydrogens is 504 g/mol. The van der Waals surface area contributed by atoms with Crippen LogP contribution in [0.4, 0.5) is 5.69 Å². The lowest BCUT2D eigenvalue weighted by atomic mass is 9.67. The van der Waals surface area contributed by atoms with Crippen molar-refractivity contribution in [2.75, 3.05) is 18.6 Å². The Morgan fingerprint density at radius 1 is 0.974 bits per heavy atom. The van der Waals surface area contributed by atoms with Gasteiger partial charge in [0, 0.05) is 11.3 Å². The lowest BCUT2D eigenvalue weighted by Crippen LogP contribution is -2.52. The number of nitrogens with zero attached hydrogens (tertiary/aromatic N) is 1. The van der Waals surface area contributed by atoms with Crippen LogP contribution in [0.15, 0.2) is 77.4 Å². The Bertz CT molecular complexity index is 1400. The highest BCUT2D eigenvalue weighted by molar-refractivity contribution is 6.23. The number of methoxy groups -OCH3 is 1. The van der Waals surface area contributed by atoms with Crippen LogP contribution in [-0.2, 0) is 50.1 Å². The van der Waals surface area contributed by atoms with E-state index in [0.29, 0.717) is 5.69 Å². The summed E-state index contributed by atoms with van der Waals surface area (Å²) in [6, 6.07) is 15.6. The molecule has 0 aromatic heterocycles. The molecule has 1 atom stereocenters. The van der Waals surface area contributed by atoms with Crippen LogP contribution in [0, 0.1) is 0 Å². The molecule has 2 aromatic carbocycles. The summed E-state index contributed by atoms with van der Waals surface area (Å²) in [5.74, 6) is -3.74. The van der Waals surface area contributed by atoms with Gasteiger partial charge in [-0.2, -0.15) is 0 Å². The van der Waals surface area contributed by atoms with Crippen LogP contribution < -0.4 is 10.6 Å². The van der Waals surface area contributed by atoms with Crippen molar-refractivity contribution < 1.29 is 38.1 Å². The van der Waals surface area contributed by atoms with Gasteiger partial charge in [-0.3, -0.25) is 14.5 Å². The van der Waals surface area contributed by atoms with E-state index >= 15 is 0 Å². The second kappa shape index (κ2) is 10.3. The summed E-state index contributed by atoms with van der Waals surface area (Å²) in [6.07, 6.45) is 0. The first kappa shape index (κ1) is 27.4. The maximum absolute atomic E-state index is 14.5. The molecule has 1 amide bonds. The summed E-state index contributed by atoms with van der Waals surface area (Å²) in [4.78, 5) is 55.4. The topological polar surface area (TPSA) is 134 Å². The van der Waals surface area contributed by atoms with E-state index < -0.39 is 47.3 Å². The number of nitrogens with two attached hydrogens (primary N) is 1. The molecule has 2 N–H and O–H groups in total. The molecule has 2 heterocycles. The SMILES string of the molecule is COC(=O)C1=C(N)OC(C)=C(C(=O)OC(C)(C)C)C12C(=O)N(CC(=O)OCc1ccccc1)c1ccccc12. The van der Waals surface area contributed by atoms with Gasteiger partial charge in [0.25, 0.3) is 0 Å². The van der Waals surface area contributed by atoms with Gasteiger partial charge in [-0.05, 0) is 39.3 Å². The van der Waals surface area contributed by atoms with Crippen molar-refractivity contribution >= 4 is 29.5 Å². The van der Waals surface area contributed by atoms with Gasteiger partial charge >= 0.3 is 17.9 Å². The molecule has 0 fully saturated rings. The van der Waals surface area contributed by atoms with Gasteiger partial charge in [0.15, 0.2) is 0 Å². The molecular formula is C29H30N2O8. The van der Waals surface area contributed by atoms with Crippen LogP contribution >= 0.6 is 0 Å². The van der Waals surface area contributed by atoms with Crippen molar-refractivity contribution in [3.63, 3.8) is 0 Å². The number of ether oxygens (including phenoxy) is 4. The first-order valence-electron chi connectivity index (χ1n) is 12.2. The lowest BCUT2D eigenvalue weighted by molar-refractivity contribution is -0.152. The minimum atomic E-state index is -2.09. The number of fused-ring (bicyclic) bond motifs is 2. The van der Waals surface area contributed by atoms with Gasteiger partial charge in [0.2, 0.25) is 11.8 Å². The summed E-state index contributed by atoms with van der Waals surface area (Å²) in [5, 5.41) is 0. The molecule has 204 valence electrons. The number of rotatable bonds is 6. The molecule has 10 nitrogen and oxygen atoms in total. The fourth-order valence-electron chi connectivity index (χ4n) is 4.83. The molecule has 0 radical (unpaired) electrons. The Balaban J connectivity index is 1.84. The number of hydrogen-bond donors (Lipinski definition) is 1. The third-order valence-corrected chi connectivity index (χ3v) is 6.30. The highest BCUT2D eigenvalue weighted by Gasteiger charge is 2.64. The predicted octanol–water partition coefficient (Wildman–Crippen LogP) is 3.00. The number of esters is 3. The normalized spacial score (nSPS) is 18.6. The fourth-order valence-corrected chi connectivity index (χ4v) is 4.83. The molecule has 10 heteroatoms. The van der Waals surface area contributed by atoms with Gasteiger partial charge in [-0.25, -0.2) is 9.59 Å². The molecule has 0 aliphatic carbocycles. The van der Waals surface area contributed by atoms with Crippen molar-refractivity contribution in [1.82, 2.24) is 0 Å². The maximum Gasteiger partial charge on any atom is 0.340 e. The monoisotopic (exact) mass is 534 g/mol. The predicted molar refractivity (Wildman–Crippen MR) is 140 cm³/mol. The van der Waals surface area contributed by atoms with Gasteiger partial charge in [0.1, 0.15) is 41.1 Å². The number of anilines is 1. The van der Waals surface area contributed by atoms with E-state index in [1.54, 1.807) is 57.2 Å². The molecule has 2 aromatic rings. The minimum absolute atomic E-state index is 0.00473. The largest absolute Gasteiger partial charge is 0.465 e. The fraction of sp³-hybridized carbons (Fsp3) is 0.310. The Labute approximate surface area is 226 Å². The zero-order chi connectivity index (χ0) is 28.5. The van der Waals surface area contributed by atoms with Gasteiger partial charge in [-0.15, -0.1) is 0 Å². The van der Waals surface area contributed by atoms with Crippen molar-refractivity contribution in [2.24, 2.45) is 5.73 Å². The zero-order valence-corrected chi connectivity index (χ0v) is 22.4. The van der Waals surface area contributed by atoms with E-state index in [1.165, 1.54) is 11.8 Å². The molecule has 0 bridgehead atoms. The van der Waals surface area contributed by atoms with Crippen LogP contribution in [0.25, 0.3) is 0 Å². The maximum atomic E-state index is 14.5. The van der Waals surface area contributed by atoms with E-state index in [4.69, 9.17) is 24.7 Å². The molecule has 2 aliphatic heterocycles. The summed E-state index contributed by atoms with van der Waals surface area (Å²) < 4.78 is 21.6. The van der Waals surface area contributed by atoms with E-state index in [1.807, 2.05) is 18.2 Å². The summed E-state index contributed by atoms with van der Waals surface area (Å²) in [5.41, 5.74) is 3.86. The summed E-state index contributed by atoms with van der Waals surface area (Å²) >= 11 is 0. The second-order valence-corrected chi connectivity index (χ2v) is 10.1. The second-order valence-electron chi connectivity index (χ2n) is 10.1.